The van der Waals surface area contributed by atoms with Crippen LogP contribution in [0.4, 0.5) is 4.39 Å². The molecule has 2 N–H and O–H groups in total. The van der Waals surface area contributed by atoms with Gasteiger partial charge in [-0.05, 0) is 56.0 Å². The molecule has 0 bridgehead atoms. The summed E-state index contributed by atoms with van der Waals surface area (Å²) < 4.78 is 13.3. The smallest absolute Gasteiger partial charge is 0.123 e. The van der Waals surface area contributed by atoms with Crippen molar-refractivity contribution in [2.24, 2.45) is 5.73 Å². The molecule has 0 saturated carbocycles. The highest BCUT2D eigenvalue weighted by atomic mass is 19.1. The Bertz CT molecular complexity index is 570. The number of hydrogen-bond donors (Lipinski definition) is 1. The molecule has 0 aliphatic heterocycles. The molecule has 1 unspecified atom stereocenters. The van der Waals surface area contributed by atoms with Crippen LogP contribution in [0, 0.1) is 19.7 Å². The zero-order valence-corrected chi connectivity index (χ0v) is 11.7. The second-order valence-corrected chi connectivity index (χ2v) is 5.53. The maximum Gasteiger partial charge on any atom is 0.123 e. The molecule has 2 aromatic carbocycles. The van der Waals surface area contributed by atoms with Crippen LogP contribution < -0.4 is 5.73 Å². The van der Waals surface area contributed by atoms with Crippen molar-refractivity contribution in [3.63, 3.8) is 0 Å². The van der Waals surface area contributed by atoms with Gasteiger partial charge in [0.2, 0.25) is 0 Å². The van der Waals surface area contributed by atoms with Gasteiger partial charge in [-0.1, -0.05) is 35.9 Å². The van der Waals surface area contributed by atoms with E-state index in [1.165, 1.54) is 11.6 Å². The molecule has 0 amide bonds. The first-order chi connectivity index (χ1) is 8.88. The van der Waals surface area contributed by atoms with E-state index in [2.05, 4.69) is 12.1 Å². The van der Waals surface area contributed by atoms with Crippen LogP contribution >= 0.6 is 0 Å². The summed E-state index contributed by atoms with van der Waals surface area (Å²) >= 11 is 0. The Morgan fingerprint density at radius 2 is 1.68 bits per heavy atom. The molecular formula is C17H20FN. The topological polar surface area (TPSA) is 26.0 Å². The van der Waals surface area contributed by atoms with Crippen LogP contribution in [0.5, 0.6) is 0 Å². The third-order valence-corrected chi connectivity index (χ3v) is 3.58. The molecule has 0 heterocycles. The summed E-state index contributed by atoms with van der Waals surface area (Å²) in [5.41, 5.74) is 10.2. The van der Waals surface area contributed by atoms with Gasteiger partial charge in [0.15, 0.2) is 0 Å². The largest absolute Gasteiger partial charge is 0.321 e. The highest BCUT2D eigenvalue weighted by Crippen LogP contribution is 2.25. The first kappa shape index (κ1) is 13.8. The molecule has 2 rings (SSSR count). The van der Waals surface area contributed by atoms with Gasteiger partial charge in [-0.2, -0.15) is 0 Å². The minimum absolute atomic E-state index is 0.208. The minimum Gasteiger partial charge on any atom is -0.321 e. The first-order valence-corrected chi connectivity index (χ1v) is 6.49. The fourth-order valence-electron chi connectivity index (χ4n) is 2.26. The summed E-state index contributed by atoms with van der Waals surface area (Å²) in [6.45, 7) is 6.02. The second-order valence-electron chi connectivity index (χ2n) is 5.53. The lowest BCUT2D eigenvalue weighted by Crippen LogP contribution is -2.35. The van der Waals surface area contributed by atoms with Crippen molar-refractivity contribution in [3.05, 3.63) is 70.5 Å². The van der Waals surface area contributed by atoms with E-state index in [0.717, 1.165) is 16.7 Å². The molecule has 0 radical (unpaired) electrons. The van der Waals surface area contributed by atoms with Gasteiger partial charge >= 0.3 is 0 Å². The second kappa shape index (κ2) is 5.14. The number of rotatable bonds is 3. The van der Waals surface area contributed by atoms with Gasteiger partial charge in [0.05, 0.1) is 0 Å². The van der Waals surface area contributed by atoms with Crippen LogP contribution in [0.3, 0.4) is 0 Å². The number of halogens is 1. The van der Waals surface area contributed by atoms with Crippen LogP contribution in [0.1, 0.15) is 29.2 Å². The van der Waals surface area contributed by atoms with Crippen LogP contribution in [0.15, 0.2) is 42.5 Å². The van der Waals surface area contributed by atoms with E-state index in [9.17, 15) is 4.39 Å². The lowest BCUT2D eigenvalue weighted by molar-refractivity contribution is 0.488. The molecule has 0 aromatic heterocycles. The molecule has 19 heavy (non-hydrogen) atoms. The zero-order chi connectivity index (χ0) is 14.0. The summed E-state index contributed by atoms with van der Waals surface area (Å²) in [5.74, 6) is -0.208. The van der Waals surface area contributed by atoms with Gasteiger partial charge in [-0.25, -0.2) is 4.39 Å². The van der Waals surface area contributed by atoms with E-state index in [1.54, 1.807) is 12.1 Å². The third-order valence-electron chi connectivity index (χ3n) is 3.58. The van der Waals surface area contributed by atoms with E-state index >= 15 is 0 Å². The van der Waals surface area contributed by atoms with Gasteiger partial charge in [0.25, 0.3) is 0 Å². The molecule has 2 aromatic rings. The van der Waals surface area contributed by atoms with Crippen molar-refractivity contribution in [1.29, 1.82) is 0 Å². The lowest BCUT2D eigenvalue weighted by atomic mass is 9.85. The fourth-order valence-corrected chi connectivity index (χ4v) is 2.26. The zero-order valence-electron chi connectivity index (χ0n) is 11.7. The van der Waals surface area contributed by atoms with Crippen LogP contribution in [0.2, 0.25) is 0 Å². The van der Waals surface area contributed by atoms with E-state index in [-0.39, 0.29) is 5.82 Å². The highest BCUT2D eigenvalue weighted by Gasteiger charge is 2.22. The van der Waals surface area contributed by atoms with E-state index < -0.39 is 5.54 Å². The summed E-state index contributed by atoms with van der Waals surface area (Å²) in [6, 6.07) is 13.1. The molecule has 0 saturated heterocycles. The van der Waals surface area contributed by atoms with Gasteiger partial charge in [-0.15, -0.1) is 0 Å². The monoisotopic (exact) mass is 257 g/mol. The lowest BCUT2D eigenvalue weighted by Gasteiger charge is -2.26. The van der Waals surface area contributed by atoms with Crippen molar-refractivity contribution in [2.45, 2.75) is 32.7 Å². The molecule has 1 nitrogen and oxygen atoms in total. The maximum absolute atomic E-state index is 13.3. The Balaban J connectivity index is 2.30. The molecule has 0 fully saturated rings. The van der Waals surface area contributed by atoms with Crippen molar-refractivity contribution in [1.82, 2.24) is 0 Å². The van der Waals surface area contributed by atoms with Crippen LogP contribution in [0.25, 0.3) is 0 Å². The van der Waals surface area contributed by atoms with Crippen LogP contribution in [-0.4, -0.2) is 0 Å². The van der Waals surface area contributed by atoms with Crippen LogP contribution in [-0.2, 0) is 12.0 Å². The van der Waals surface area contributed by atoms with E-state index in [0.29, 0.717) is 6.42 Å². The Kier molecular flexibility index (Phi) is 3.72. The van der Waals surface area contributed by atoms with Crippen molar-refractivity contribution >= 4 is 0 Å². The highest BCUT2D eigenvalue weighted by molar-refractivity contribution is 5.33. The SMILES string of the molecule is Cc1ccc(C(C)(N)Cc2cc(F)ccc2C)cc1. The maximum atomic E-state index is 13.3. The number of hydrogen-bond acceptors (Lipinski definition) is 1. The average Bonchev–Trinajstić information content (AvgIpc) is 2.34. The van der Waals surface area contributed by atoms with Gasteiger partial charge in [0, 0.05) is 5.54 Å². The summed E-state index contributed by atoms with van der Waals surface area (Å²) in [5, 5.41) is 0. The van der Waals surface area contributed by atoms with E-state index in [4.69, 9.17) is 5.73 Å². The van der Waals surface area contributed by atoms with Crippen molar-refractivity contribution < 1.29 is 4.39 Å². The number of aryl methyl sites for hydroxylation is 2. The first-order valence-electron chi connectivity index (χ1n) is 6.49. The normalized spacial score (nSPS) is 14.2. The van der Waals surface area contributed by atoms with Crippen molar-refractivity contribution in [2.75, 3.05) is 0 Å². The Hall–Kier alpha value is -1.67. The Labute approximate surface area is 114 Å². The summed E-state index contributed by atoms with van der Waals surface area (Å²) in [6.07, 6.45) is 0.625. The Morgan fingerprint density at radius 1 is 1.05 bits per heavy atom. The van der Waals surface area contributed by atoms with E-state index in [1.807, 2.05) is 32.9 Å². The van der Waals surface area contributed by atoms with Crippen molar-refractivity contribution in [3.8, 4) is 0 Å². The summed E-state index contributed by atoms with van der Waals surface area (Å²) in [4.78, 5) is 0. The van der Waals surface area contributed by atoms with Gasteiger partial charge < -0.3 is 5.73 Å². The van der Waals surface area contributed by atoms with Gasteiger partial charge in [0.1, 0.15) is 5.82 Å². The third kappa shape index (κ3) is 3.21. The summed E-state index contributed by atoms with van der Waals surface area (Å²) in [7, 11) is 0. The molecule has 0 spiro atoms. The Morgan fingerprint density at radius 3 is 2.32 bits per heavy atom. The number of nitrogens with two attached hydrogens (primary N) is 1. The number of benzene rings is 2. The predicted octanol–water partition coefficient (Wildman–Crippen LogP) is 3.86. The fraction of sp³-hybridized carbons (Fsp3) is 0.294. The molecule has 1 atom stereocenters. The molecule has 0 aliphatic carbocycles. The quantitative estimate of drug-likeness (QED) is 0.887. The molecule has 2 heteroatoms. The molecule has 0 aliphatic rings. The molecule has 100 valence electrons. The minimum atomic E-state index is -0.494. The van der Waals surface area contributed by atoms with Gasteiger partial charge in [-0.3, -0.25) is 0 Å². The molecular weight excluding hydrogens is 237 g/mol. The predicted molar refractivity (Wildman–Crippen MR) is 77.6 cm³/mol. The standard InChI is InChI=1S/C17H20FN/c1-12-4-7-15(8-5-12)17(3,19)11-14-10-16(18)9-6-13(14)2/h4-10H,11,19H2,1-3H3. The average molecular weight is 257 g/mol.